The predicted octanol–water partition coefficient (Wildman–Crippen LogP) is 0.616. The van der Waals surface area contributed by atoms with E-state index in [4.69, 9.17) is 5.73 Å². The highest BCUT2D eigenvalue weighted by molar-refractivity contribution is 5.24. The summed E-state index contributed by atoms with van der Waals surface area (Å²) >= 11 is 0. The van der Waals surface area contributed by atoms with Crippen LogP contribution in [0.1, 0.15) is 29.8 Å². The molecule has 1 fully saturated rings. The van der Waals surface area contributed by atoms with Crippen LogP contribution in [-0.4, -0.2) is 21.9 Å². The lowest BCUT2D eigenvalue weighted by atomic mass is 9.87. The standard InChI is InChI=1S/C11H20N4/c1-7-11(8(2)15(3)14-7)6-13-10-4-9(12)5-10/h9-10,13H,4-6,12H2,1-3H3. The van der Waals surface area contributed by atoms with Crippen LogP contribution in [0.2, 0.25) is 0 Å². The molecule has 2 rings (SSSR count). The molecule has 1 aliphatic rings. The van der Waals surface area contributed by atoms with E-state index in [2.05, 4.69) is 24.3 Å². The number of hydrogen-bond donors (Lipinski definition) is 2. The lowest BCUT2D eigenvalue weighted by Crippen LogP contribution is -2.48. The van der Waals surface area contributed by atoms with Gasteiger partial charge >= 0.3 is 0 Å². The van der Waals surface area contributed by atoms with Gasteiger partial charge in [0.05, 0.1) is 5.69 Å². The number of rotatable bonds is 3. The highest BCUT2D eigenvalue weighted by atomic mass is 15.3. The first-order chi connectivity index (χ1) is 7.08. The third-order valence-corrected chi connectivity index (χ3v) is 3.40. The molecule has 0 atom stereocenters. The van der Waals surface area contributed by atoms with Gasteiger partial charge in [0.15, 0.2) is 0 Å². The van der Waals surface area contributed by atoms with E-state index in [0.29, 0.717) is 12.1 Å². The fraction of sp³-hybridized carbons (Fsp3) is 0.727. The van der Waals surface area contributed by atoms with Gasteiger partial charge in [0.25, 0.3) is 0 Å². The Morgan fingerprint density at radius 2 is 2.13 bits per heavy atom. The van der Waals surface area contributed by atoms with Crippen molar-refractivity contribution in [2.75, 3.05) is 0 Å². The first kappa shape index (κ1) is 10.6. The molecule has 0 unspecified atom stereocenters. The monoisotopic (exact) mass is 208 g/mol. The number of nitrogens with zero attached hydrogens (tertiary/aromatic N) is 2. The minimum atomic E-state index is 0.415. The zero-order valence-corrected chi connectivity index (χ0v) is 9.75. The zero-order chi connectivity index (χ0) is 11.0. The van der Waals surface area contributed by atoms with Gasteiger partial charge in [-0.15, -0.1) is 0 Å². The van der Waals surface area contributed by atoms with E-state index in [0.717, 1.165) is 25.1 Å². The van der Waals surface area contributed by atoms with Gasteiger partial charge in [-0.05, 0) is 26.7 Å². The Labute approximate surface area is 90.8 Å². The second kappa shape index (κ2) is 3.94. The van der Waals surface area contributed by atoms with Gasteiger partial charge in [-0.1, -0.05) is 0 Å². The first-order valence-corrected chi connectivity index (χ1v) is 5.56. The molecule has 1 aromatic heterocycles. The average molecular weight is 208 g/mol. The largest absolute Gasteiger partial charge is 0.328 e. The summed E-state index contributed by atoms with van der Waals surface area (Å²) in [6.45, 7) is 5.10. The maximum atomic E-state index is 5.75. The molecular formula is C11H20N4. The highest BCUT2D eigenvalue weighted by Gasteiger charge is 2.25. The maximum absolute atomic E-state index is 5.75. The van der Waals surface area contributed by atoms with Crippen LogP contribution in [0.15, 0.2) is 0 Å². The summed E-state index contributed by atoms with van der Waals surface area (Å²) in [7, 11) is 1.99. The van der Waals surface area contributed by atoms with Crippen LogP contribution in [0.25, 0.3) is 0 Å². The van der Waals surface area contributed by atoms with Crippen molar-refractivity contribution in [3.63, 3.8) is 0 Å². The minimum Gasteiger partial charge on any atom is -0.328 e. The Balaban J connectivity index is 1.93. The van der Waals surface area contributed by atoms with Gasteiger partial charge in [-0.25, -0.2) is 0 Å². The van der Waals surface area contributed by atoms with Gasteiger partial charge < -0.3 is 11.1 Å². The van der Waals surface area contributed by atoms with Crippen LogP contribution in [0, 0.1) is 13.8 Å². The van der Waals surface area contributed by atoms with Crippen molar-refractivity contribution in [2.45, 2.75) is 45.3 Å². The molecule has 84 valence electrons. The van der Waals surface area contributed by atoms with E-state index in [1.165, 1.54) is 11.3 Å². The van der Waals surface area contributed by atoms with Gasteiger partial charge in [-0.3, -0.25) is 4.68 Å². The smallest absolute Gasteiger partial charge is 0.0641 e. The average Bonchev–Trinajstić information content (AvgIpc) is 2.36. The molecule has 1 aromatic rings. The van der Waals surface area contributed by atoms with E-state index in [9.17, 15) is 0 Å². The number of nitrogens with two attached hydrogens (primary N) is 1. The summed E-state index contributed by atoms with van der Waals surface area (Å²) in [6.07, 6.45) is 2.22. The van der Waals surface area contributed by atoms with E-state index in [1.807, 2.05) is 11.7 Å². The summed E-state index contributed by atoms with van der Waals surface area (Å²) in [6, 6.07) is 1.03. The third-order valence-electron chi connectivity index (χ3n) is 3.40. The van der Waals surface area contributed by atoms with Crippen molar-refractivity contribution in [3.05, 3.63) is 17.0 Å². The van der Waals surface area contributed by atoms with Crippen molar-refractivity contribution in [1.82, 2.24) is 15.1 Å². The molecule has 15 heavy (non-hydrogen) atoms. The molecule has 0 radical (unpaired) electrons. The molecule has 0 amide bonds. The van der Waals surface area contributed by atoms with Crippen LogP contribution in [0.4, 0.5) is 0 Å². The molecule has 0 aromatic carbocycles. The Bertz CT molecular complexity index is 350. The van der Waals surface area contributed by atoms with Gasteiger partial charge in [0.2, 0.25) is 0 Å². The molecule has 1 heterocycles. The Morgan fingerprint density at radius 3 is 2.60 bits per heavy atom. The second-order valence-electron chi connectivity index (χ2n) is 4.58. The zero-order valence-electron chi connectivity index (χ0n) is 9.75. The van der Waals surface area contributed by atoms with Gasteiger partial charge in [0, 0.05) is 36.9 Å². The Hall–Kier alpha value is -0.870. The molecule has 1 aliphatic carbocycles. The lowest BCUT2D eigenvalue weighted by Gasteiger charge is -2.33. The van der Waals surface area contributed by atoms with Crippen LogP contribution in [0.3, 0.4) is 0 Å². The summed E-state index contributed by atoms with van der Waals surface area (Å²) < 4.78 is 1.94. The minimum absolute atomic E-state index is 0.415. The van der Waals surface area contributed by atoms with Crippen molar-refractivity contribution < 1.29 is 0 Å². The van der Waals surface area contributed by atoms with E-state index in [1.54, 1.807) is 0 Å². The molecule has 0 spiro atoms. The third kappa shape index (κ3) is 2.06. The quantitative estimate of drug-likeness (QED) is 0.765. The predicted molar refractivity (Wildman–Crippen MR) is 60.5 cm³/mol. The molecule has 1 saturated carbocycles. The number of hydrogen-bond acceptors (Lipinski definition) is 3. The van der Waals surface area contributed by atoms with Crippen molar-refractivity contribution in [3.8, 4) is 0 Å². The maximum Gasteiger partial charge on any atom is 0.0641 e. The van der Waals surface area contributed by atoms with E-state index >= 15 is 0 Å². The molecule has 4 heteroatoms. The molecule has 3 N–H and O–H groups in total. The fourth-order valence-electron chi connectivity index (χ4n) is 2.15. The number of aromatic nitrogens is 2. The molecule has 4 nitrogen and oxygen atoms in total. The van der Waals surface area contributed by atoms with Crippen LogP contribution in [0.5, 0.6) is 0 Å². The van der Waals surface area contributed by atoms with Gasteiger partial charge in [0.1, 0.15) is 0 Å². The van der Waals surface area contributed by atoms with Crippen LogP contribution in [-0.2, 0) is 13.6 Å². The second-order valence-corrected chi connectivity index (χ2v) is 4.58. The van der Waals surface area contributed by atoms with Crippen molar-refractivity contribution in [2.24, 2.45) is 12.8 Å². The van der Waals surface area contributed by atoms with E-state index < -0.39 is 0 Å². The highest BCUT2D eigenvalue weighted by Crippen LogP contribution is 2.19. The normalized spacial score (nSPS) is 25.3. The molecule has 0 saturated heterocycles. The molecule has 0 aliphatic heterocycles. The van der Waals surface area contributed by atoms with Crippen molar-refractivity contribution in [1.29, 1.82) is 0 Å². The van der Waals surface area contributed by atoms with Crippen molar-refractivity contribution >= 4 is 0 Å². The summed E-state index contributed by atoms with van der Waals surface area (Å²) in [5.74, 6) is 0. The van der Waals surface area contributed by atoms with Crippen LogP contribution < -0.4 is 11.1 Å². The topological polar surface area (TPSA) is 55.9 Å². The number of aryl methyl sites for hydroxylation is 2. The van der Waals surface area contributed by atoms with Crippen LogP contribution >= 0.6 is 0 Å². The SMILES string of the molecule is Cc1nn(C)c(C)c1CNC1CC(N)C1. The van der Waals surface area contributed by atoms with Gasteiger partial charge in [-0.2, -0.15) is 5.10 Å². The fourth-order valence-corrected chi connectivity index (χ4v) is 2.15. The summed E-state index contributed by atoms with van der Waals surface area (Å²) in [5.41, 5.74) is 9.46. The summed E-state index contributed by atoms with van der Waals surface area (Å²) in [5, 5.41) is 7.93. The Kier molecular flexibility index (Phi) is 2.80. The van der Waals surface area contributed by atoms with E-state index in [-0.39, 0.29) is 0 Å². The number of nitrogens with one attached hydrogen (secondary N) is 1. The summed E-state index contributed by atoms with van der Waals surface area (Å²) in [4.78, 5) is 0. The Morgan fingerprint density at radius 1 is 1.47 bits per heavy atom. The molecular weight excluding hydrogens is 188 g/mol. The molecule has 0 bridgehead atoms. The lowest BCUT2D eigenvalue weighted by molar-refractivity contribution is 0.290. The first-order valence-electron chi connectivity index (χ1n) is 5.56.